The number of furan rings is 2. The van der Waals surface area contributed by atoms with Crippen LogP contribution in [0.1, 0.15) is 16.7 Å². The predicted molar refractivity (Wildman–Crippen MR) is 583 cm³/mol. The summed E-state index contributed by atoms with van der Waals surface area (Å²) in [6.45, 7) is 0. The standard InChI is InChI=1S/2C43H25N3O.C43H25N3S/c44-26-27-12-10-18-31(41(27)46-36-21-7-4-15-29(36)30-16-5-8-22-37(30)46)32-19-11-20-33-34-24-25-39-40(43(34)47-42(32)33)35-17-6-9-23-38(35)45(39)28-13-2-1-3-14-28;44-26-27-21-22-31(40(25-27)46-36-18-7-4-13-29(36)30-14-5-8-19-37(30)46)32-16-10-17-33-34-23-24-39-41(43(34)47-42(32)33)35-15-6-9-20-38(35)45(39)28-11-2-1-3-12-28;44-26-27-12-10-23-38(46-35-20-7-4-15-29(35)30-16-5-8-21-36(30)46)40(27)34-19-11-18-31-32-24-25-39-41(43(32)47-42(31)34)33-17-6-9-22-37(33)45(39)28-13-2-1-3-14-28/h3*1-25H. The third-order valence-corrected chi connectivity index (χ3v) is 30.0. The molecular formula is C129H75N9O2S. The lowest BCUT2D eigenvalue weighted by atomic mass is 9.96. The second-order valence-corrected chi connectivity index (χ2v) is 37.0. The molecule has 0 amide bonds. The molecule has 9 heterocycles. The average molecular weight is 1820 g/mol. The van der Waals surface area contributed by atoms with Crippen molar-refractivity contribution in [3.05, 3.63) is 472 Å². The van der Waals surface area contributed by atoms with Crippen LogP contribution in [0.25, 0.3) is 262 Å². The van der Waals surface area contributed by atoms with E-state index in [-0.39, 0.29) is 0 Å². The summed E-state index contributed by atoms with van der Waals surface area (Å²) in [5, 5.41) is 51.8. The number of nitriles is 3. The number of hydrogen-bond acceptors (Lipinski definition) is 6. The number of para-hydroxylation sites is 15. The van der Waals surface area contributed by atoms with Gasteiger partial charge in [-0.2, -0.15) is 15.8 Å². The maximum Gasteiger partial charge on any atom is 0.145 e. The zero-order chi connectivity index (χ0) is 93.2. The summed E-state index contributed by atoms with van der Waals surface area (Å²) in [5.74, 6) is 0. The first kappa shape index (κ1) is 80.2. The van der Waals surface area contributed by atoms with Crippen LogP contribution in [0, 0.1) is 34.0 Å². The molecule has 0 unspecified atom stereocenters. The minimum absolute atomic E-state index is 0.607. The third-order valence-electron chi connectivity index (χ3n) is 28.7. The fraction of sp³-hybridized carbons (Fsp3) is 0. The van der Waals surface area contributed by atoms with Crippen LogP contribution in [-0.2, 0) is 0 Å². The fourth-order valence-corrected chi connectivity index (χ4v) is 24.2. The van der Waals surface area contributed by atoms with Crippen molar-refractivity contribution in [1.29, 1.82) is 15.8 Å². The quantitative estimate of drug-likeness (QED) is 0.142. The third kappa shape index (κ3) is 12.1. The molecule has 0 radical (unpaired) electrons. The van der Waals surface area contributed by atoms with Gasteiger partial charge in [-0.1, -0.05) is 303 Å². The first-order valence-electron chi connectivity index (χ1n) is 47.3. The van der Waals surface area contributed by atoms with Gasteiger partial charge in [0.2, 0.25) is 0 Å². The lowest BCUT2D eigenvalue weighted by Crippen LogP contribution is -2.00. The molecule has 30 aromatic rings. The van der Waals surface area contributed by atoms with Crippen LogP contribution < -0.4 is 0 Å². The van der Waals surface area contributed by atoms with E-state index in [1.807, 2.05) is 59.9 Å². The summed E-state index contributed by atoms with van der Waals surface area (Å²) < 4.78 is 30.4. The van der Waals surface area contributed by atoms with Crippen LogP contribution >= 0.6 is 11.3 Å². The second kappa shape index (κ2) is 31.9. The zero-order valence-corrected chi connectivity index (χ0v) is 76.4. The Morgan fingerprint density at radius 3 is 0.950 bits per heavy atom. The minimum Gasteiger partial charge on any atom is -0.455 e. The van der Waals surface area contributed by atoms with Gasteiger partial charge in [0, 0.05) is 146 Å². The van der Waals surface area contributed by atoms with Crippen molar-refractivity contribution in [2.75, 3.05) is 0 Å². The highest BCUT2D eigenvalue weighted by atomic mass is 32.1. The van der Waals surface area contributed by atoms with E-state index >= 15 is 0 Å². The Kier molecular flexibility index (Phi) is 18.2. The van der Waals surface area contributed by atoms with E-state index < -0.39 is 0 Å². The van der Waals surface area contributed by atoms with Crippen LogP contribution in [0.5, 0.6) is 0 Å². The van der Waals surface area contributed by atoms with Crippen molar-refractivity contribution in [2.24, 2.45) is 0 Å². The molecule has 9 aromatic heterocycles. The summed E-state index contributed by atoms with van der Waals surface area (Å²) in [7, 11) is 0. The summed E-state index contributed by atoms with van der Waals surface area (Å²) in [6.07, 6.45) is 0. The van der Waals surface area contributed by atoms with E-state index in [0.717, 1.165) is 199 Å². The van der Waals surface area contributed by atoms with Crippen molar-refractivity contribution in [3.8, 4) is 85.7 Å². The molecule has 654 valence electrons. The van der Waals surface area contributed by atoms with E-state index in [4.69, 9.17) is 8.83 Å². The average Bonchev–Trinajstić information content (AvgIpc) is 1.55. The molecule has 0 aliphatic rings. The molecule has 0 spiro atoms. The highest BCUT2D eigenvalue weighted by Gasteiger charge is 2.30. The largest absolute Gasteiger partial charge is 0.455 e. The molecule has 30 rings (SSSR count). The first-order valence-corrected chi connectivity index (χ1v) is 48.1. The van der Waals surface area contributed by atoms with Crippen molar-refractivity contribution < 1.29 is 8.83 Å². The molecule has 21 aromatic carbocycles. The molecule has 0 fully saturated rings. The van der Waals surface area contributed by atoms with Crippen LogP contribution in [-0.4, -0.2) is 27.4 Å². The van der Waals surface area contributed by atoms with Gasteiger partial charge >= 0.3 is 0 Å². The molecule has 12 heteroatoms. The van der Waals surface area contributed by atoms with Gasteiger partial charge in [0.1, 0.15) is 28.4 Å². The Labute approximate surface area is 809 Å². The number of thiophene rings is 1. The Morgan fingerprint density at radius 2 is 0.511 bits per heavy atom. The minimum atomic E-state index is 0.607. The number of fused-ring (bicyclic) bond motifs is 30. The van der Waals surface area contributed by atoms with Crippen molar-refractivity contribution >= 4 is 206 Å². The van der Waals surface area contributed by atoms with Gasteiger partial charge in [-0.05, 0) is 152 Å². The summed E-state index contributed by atoms with van der Waals surface area (Å²) in [6, 6.07) is 166. The number of nitrogens with zero attached hydrogens (tertiary/aromatic N) is 9. The Bertz CT molecular complexity index is 10400. The zero-order valence-electron chi connectivity index (χ0n) is 75.6. The normalized spacial score (nSPS) is 11.8. The lowest BCUT2D eigenvalue weighted by Gasteiger charge is -2.16. The molecule has 0 saturated carbocycles. The number of rotatable bonds is 9. The SMILES string of the molecule is N#Cc1ccc(-c2cccc3c2oc2c3ccc3c2c2ccccc2n3-c2ccccc2)c(-n2c3ccccc3c3ccccc32)c1.N#Cc1cccc(-c2cccc3c2oc2c3ccc3c2c2ccccc2n3-c2ccccc2)c1-n1c2ccccc2c2ccccc21.N#Cc1cccc(-n2c3ccccc3c3ccccc32)c1-c1cccc2c1sc1c2ccc2c1c1ccccc1n2-c1ccccc1. The molecule has 0 bridgehead atoms. The van der Waals surface area contributed by atoms with Crippen molar-refractivity contribution in [2.45, 2.75) is 0 Å². The second-order valence-electron chi connectivity index (χ2n) is 36.0. The van der Waals surface area contributed by atoms with Crippen molar-refractivity contribution in [1.82, 2.24) is 27.4 Å². The van der Waals surface area contributed by atoms with Crippen LogP contribution in [0.2, 0.25) is 0 Å². The first-order chi connectivity index (χ1) is 69.9. The van der Waals surface area contributed by atoms with E-state index in [1.54, 1.807) is 0 Å². The lowest BCUT2D eigenvalue weighted by molar-refractivity contribution is 0.673. The van der Waals surface area contributed by atoms with E-state index in [0.29, 0.717) is 16.7 Å². The van der Waals surface area contributed by atoms with Gasteiger partial charge in [0.05, 0.1) is 123 Å². The summed E-state index contributed by atoms with van der Waals surface area (Å²) in [4.78, 5) is 0. The van der Waals surface area contributed by atoms with E-state index in [1.165, 1.54) is 63.5 Å². The predicted octanol–water partition coefficient (Wildman–Crippen LogP) is 34.4. The summed E-state index contributed by atoms with van der Waals surface area (Å²) >= 11 is 1.84. The van der Waals surface area contributed by atoms with Gasteiger partial charge in [-0.3, -0.25) is 0 Å². The van der Waals surface area contributed by atoms with E-state index in [2.05, 4.69) is 452 Å². The maximum absolute atomic E-state index is 10.6. The molecule has 0 aliphatic carbocycles. The van der Waals surface area contributed by atoms with Crippen LogP contribution in [0.15, 0.2) is 464 Å². The number of hydrogen-bond donors (Lipinski definition) is 0. The molecule has 141 heavy (non-hydrogen) atoms. The number of benzene rings is 21. The van der Waals surface area contributed by atoms with Crippen LogP contribution in [0.3, 0.4) is 0 Å². The fourth-order valence-electron chi connectivity index (χ4n) is 22.8. The molecular weight excluding hydrogens is 1740 g/mol. The van der Waals surface area contributed by atoms with Gasteiger partial charge in [-0.25, -0.2) is 0 Å². The maximum atomic E-state index is 10.6. The highest BCUT2D eigenvalue weighted by Crippen LogP contribution is 2.52. The van der Waals surface area contributed by atoms with E-state index in [9.17, 15) is 15.8 Å². The van der Waals surface area contributed by atoms with Gasteiger partial charge in [0.25, 0.3) is 0 Å². The molecule has 11 nitrogen and oxygen atoms in total. The van der Waals surface area contributed by atoms with Gasteiger partial charge < -0.3 is 36.2 Å². The smallest absolute Gasteiger partial charge is 0.145 e. The Balaban J connectivity index is 0.000000104. The highest BCUT2D eigenvalue weighted by molar-refractivity contribution is 7.27. The van der Waals surface area contributed by atoms with Gasteiger partial charge in [0.15, 0.2) is 0 Å². The van der Waals surface area contributed by atoms with Crippen LogP contribution in [0.4, 0.5) is 0 Å². The topological polar surface area (TPSA) is 127 Å². The van der Waals surface area contributed by atoms with Gasteiger partial charge in [-0.15, -0.1) is 11.3 Å². The molecule has 0 aliphatic heterocycles. The monoisotopic (exact) mass is 1810 g/mol. The van der Waals surface area contributed by atoms with Crippen molar-refractivity contribution in [3.63, 3.8) is 0 Å². The summed E-state index contributed by atoms with van der Waals surface area (Å²) in [5.41, 5.74) is 30.8. The Hall–Kier alpha value is -19.3. The Morgan fingerprint density at radius 1 is 0.191 bits per heavy atom. The molecule has 0 saturated heterocycles. The number of aromatic nitrogens is 6. The molecule has 0 atom stereocenters. The molecule has 0 N–H and O–H groups in total.